The molecule has 0 unspecified atom stereocenters. The van der Waals surface area contributed by atoms with Gasteiger partial charge in [-0.25, -0.2) is 4.39 Å². The fraction of sp³-hybridized carbons (Fsp3) is 0.650. The van der Waals surface area contributed by atoms with E-state index in [9.17, 15) is 9.18 Å². The number of benzene rings is 1. The number of hydrogen-bond donors (Lipinski definition) is 0. The van der Waals surface area contributed by atoms with E-state index in [1.165, 1.54) is 37.8 Å². The highest BCUT2D eigenvalue weighted by molar-refractivity contribution is 5.76. The van der Waals surface area contributed by atoms with Gasteiger partial charge < -0.3 is 9.64 Å². The Hall–Kier alpha value is -1.58. The molecule has 0 radical (unpaired) electrons. The summed E-state index contributed by atoms with van der Waals surface area (Å²) in [5.74, 6) is 1.93. The number of nitrogens with zero attached hydrogens (tertiary/aromatic N) is 1. The molecule has 1 amide bonds. The SMILES string of the molecule is O=C(CC1CCCC1)N1CCC(CCOc2cccc(F)c2)CC1. The van der Waals surface area contributed by atoms with Crippen LogP contribution in [0.1, 0.15) is 51.4 Å². The lowest BCUT2D eigenvalue weighted by Gasteiger charge is -2.32. The van der Waals surface area contributed by atoms with Crippen LogP contribution in [0.15, 0.2) is 24.3 Å². The van der Waals surface area contributed by atoms with Crippen LogP contribution in [-0.2, 0) is 4.79 Å². The number of rotatable bonds is 6. The van der Waals surface area contributed by atoms with E-state index in [4.69, 9.17) is 4.74 Å². The molecule has 0 N–H and O–H groups in total. The van der Waals surface area contributed by atoms with Crippen molar-refractivity contribution in [2.24, 2.45) is 11.8 Å². The van der Waals surface area contributed by atoms with Crippen molar-refractivity contribution < 1.29 is 13.9 Å². The third-order valence-corrected chi connectivity index (χ3v) is 5.50. The van der Waals surface area contributed by atoms with Crippen LogP contribution in [-0.4, -0.2) is 30.5 Å². The quantitative estimate of drug-likeness (QED) is 0.771. The number of carbonyl (C=O) groups is 1. The summed E-state index contributed by atoms with van der Waals surface area (Å²) in [6.45, 7) is 2.39. The van der Waals surface area contributed by atoms with Crippen molar-refractivity contribution in [1.29, 1.82) is 0 Å². The van der Waals surface area contributed by atoms with Crippen LogP contribution in [0.5, 0.6) is 5.75 Å². The molecule has 1 aromatic rings. The first kappa shape index (κ1) is 17.2. The van der Waals surface area contributed by atoms with Crippen molar-refractivity contribution in [2.45, 2.75) is 51.4 Å². The van der Waals surface area contributed by atoms with Crippen molar-refractivity contribution in [1.82, 2.24) is 4.90 Å². The van der Waals surface area contributed by atoms with E-state index in [-0.39, 0.29) is 5.82 Å². The number of amides is 1. The lowest BCUT2D eigenvalue weighted by molar-refractivity contribution is -0.133. The van der Waals surface area contributed by atoms with Gasteiger partial charge in [0.1, 0.15) is 11.6 Å². The summed E-state index contributed by atoms with van der Waals surface area (Å²) >= 11 is 0. The van der Waals surface area contributed by atoms with Crippen molar-refractivity contribution in [3.8, 4) is 5.75 Å². The van der Waals surface area contributed by atoms with Crippen molar-refractivity contribution >= 4 is 5.91 Å². The molecule has 1 aromatic carbocycles. The maximum atomic E-state index is 13.1. The molecule has 2 fully saturated rings. The molecule has 1 heterocycles. The normalized spacial score (nSPS) is 19.6. The van der Waals surface area contributed by atoms with Gasteiger partial charge in [0.15, 0.2) is 0 Å². The van der Waals surface area contributed by atoms with Crippen molar-refractivity contribution in [3.05, 3.63) is 30.1 Å². The predicted octanol–water partition coefficient (Wildman–Crippen LogP) is 4.41. The minimum absolute atomic E-state index is 0.262. The second kappa shape index (κ2) is 8.50. The lowest BCUT2D eigenvalue weighted by atomic mass is 9.93. The van der Waals surface area contributed by atoms with E-state index >= 15 is 0 Å². The molecule has 3 rings (SSSR count). The molecule has 0 bridgehead atoms. The standard InChI is InChI=1S/C20H28FNO2/c21-18-6-3-7-19(15-18)24-13-10-16-8-11-22(12-9-16)20(23)14-17-4-1-2-5-17/h3,6-7,15-17H,1-2,4-5,8-14H2. The Morgan fingerprint density at radius 1 is 1.12 bits per heavy atom. The molecule has 0 aromatic heterocycles. The van der Waals surface area contributed by atoms with Crippen LogP contribution < -0.4 is 4.74 Å². The van der Waals surface area contributed by atoms with Gasteiger partial charge in [0, 0.05) is 25.6 Å². The van der Waals surface area contributed by atoms with E-state index in [1.807, 2.05) is 0 Å². The average Bonchev–Trinajstić information content (AvgIpc) is 3.08. The van der Waals surface area contributed by atoms with Gasteiger partial charge >= 0.3 is 0 Å². The van der Waals surface area contributed by atoms with Gasteiger partial charge in [-0.1, -0.05) is 18.9 Å². The van der Waals surface area contributed by atoms with Gasteiger partial charge in [-0.3, -0.25) is 4.79 Å². The second-order valence-electron chi connectivity index (χ2n) is 7.27. The third kappa shape index (κ3) is 4.96. The summed E-state index contributed by atoms with van der Waals surface area (Å²) in [4.78, 5) is 14.4. The maximum absolute atomic E-state index is 13.1. The average molecular weight is 333 g/mol. The number of halogens is 1. The summed E-state index contributed by atoms with van der Waals surface area (Å²) in [5, 5.41) is 0. The summed E-state index contributed by atoms with van der Waals surface area (Å²) in [5.41, 5.74) is 0. The van der Waals surface area contributed by atoms with Crippen LogP contribution in [0.25, 0.3) is 0 Å². The minimum Gasteiger partial charge on any atom is -0.493 e. The maximum Gasteiger partial charge on any atom is 0.222 e. The Kier molecular flexibility index (Phi) is 6.11. The fourth-order valence-electron chi connectivity index (χ4n) is 3.96. The number of carbonyl (C=O) groups excluding carboxylic acids is 1. The van der Waals surface area contributed by atoms with Crippen LogP contribution in [0, 0.1) is 17.7 Å². The van der Waals surface area contributed by atoms with Crippen LogP contribution in [0.3, 0.4) is 0 Å². The van der Waals surface area contributed by atoms with Gasteiger partial charge in [0.05, 0.1) is 6.61 Å². The molecule has 2 aliphatic rings. The molecule has 24 heavy (non-hydrogen) atoms. The monoisotopic (exact) mass is 333 g/mol. The topological polar surface area (TPSA) is 29.5 Å². The second-order valence-corrected chi connectivity index (χ2v) is 7.27. The Morgan fingerprint density at radius 2 is 1.88 bits per heavy atom. The number of ether oxygens (including phenoxy) is 1. The highest BCUT2D eigenvalue weighted by atomic mass is 19.1. The smallest absolute Gasteiger partial charge is 0.222 e. The van der Waals surface area contributed by atoms with Gasteiger partial charge in [-0.15, -0.1) is 0 Å². The van der Waals surface area contributed by atoms with Gasteiger partial charge in [0.25, 0.3) is 0 Å². The first-order valence-corrected chi connectivity index (χ1v) is 9.37. The first-order chi connectivity index (χ1) is 11.7. The lowest BCUT2D eigenvalue weighted by Crippen LogP contribution is -2.39. The zero-order chi connectivity index (χ0) is 16.8. The molecule has 0 spiro atoms. The number of piperidine rings is 1. The molecule has 1 aliphatic heterocycles. The number of likely N-dealkylation sites (tertiary alicyclic amines) is 1. The Balaban J connectivity index is 1.33. The van der Waals surface area contributed by atoms with E-state index in [0.29, 0.717) is 30.1 Å². The zero-order valence-corrected chi connectivity index (χ0v) is 14.4. The summed E-state index contributed by atoms with van der Waals surface area (Å²) in [7, 11) is 0. The zero-order valence-electron chi connectivity index (χ0n) is 14.4. The van der Waals surface area contributed by atoms with Gasteiger partial charge in [-0.2, -0.15) is 0 Å². The molecular formula is C20H28FNO2. The molecule has 1 saturated heterocycles. The van der Waals surface area contributed by atoms with Crippen LogP contribution in [0.2, 0.25) is 0 Å². The molecule has 3 nitrogen and oxygen atoms in total. The Labute approximate surface area is 144 Å². The molecule has 1 saturated carbocycles. The number of hydrogen-bond acceptors (Lipinski definition) is 2. The van der Waals surface area contributed by atoms with E-state index in [0.717, 1.165) is 38.8 Å². The molecule has 132 valence electrons. The third-order valence-electron chi connectivity index (χ3n) is 5.50. The van der Waals surface area contributed by atoms with Gasteiger partial charge in [-0.05, 0) is 56.1 Å². The van der Waals surface area contributed by atoms with E-state index < -0.39 is 0 Å². The highest BCUT2D eigenvalue weighted by Crippen LogP contribution is 2.29. The Bertz CT molecular complexity index is 534. The largest absolute Gasteiger partial charge is 0.493 e. The molecule has 1 aliphatic carbocycles. The van der Waals surface area contributed by atoms with E-state index in [2.05, 4.69) is 4.90 Å². The first-order valence-electron chi connectivity index (χ1n) is 9.37. The van der Waals surface area contributed by atoms with E-state index in [1.54, 1.807) is 12.1 Å². The van der Waals surface area contributed by atoms with Crippen molar-refractivity contribution in [2.75, 3.05) is 19.7 Å². The summed E-state index contributed by atoms with van der Waals surface area (Å²) in [6, 6.07) is 6.29. The predicted molar refractivity (Wildman–Crippen MR) is 92.4 cm³/mol. The molecule has 0 atom stereocenters. The van der Waals surface area contributed by atoms with Crippen LogP contribution >= 0.6 is 0 Å². The molecular weight excluding hydrogens is 305 g/mol. The van der Waals surface area contributed by atoms with Crippen LogP contribution in [0.4, 0.5) is 4.39 Å². The van der Waals surface area contributed by atoms with Gasteiger partial charge in [0.2, 0.25) is 5.91 Å². The Morgan fingerprint density at radius 3 is 2.58 bits per heavy atom. The van der Waals surface area contributed by atoms with Crippen molar-refractivity contribution in [3.63, 3.8) is 0 Å². The molecule has 4 heteroatoms. The minimum atomic E-state index is -0.262. The fourth-order valence-corrected chi connectivity index (χ4v) is 3.96. The summed E-state index contributed by atoms with van der Waals surface area (Å²) in [6.07, 6.45) is 8.91. The summed E-state index contributed by atoms with van der Waals surface area (Å²) < 4.78 is 18.7. The highest BCUT2D eigenvalue weighted by Gasteiger charge is 2.25.